The number of benzene rings is 1. The van der Waals surface area contributed by atoms with Crippen LogP contribution in [0.25, 0.3) is 11.0 Å². The van der Waals surface area contributed by atoms with Gasteiger partial charge in [-0.15, -0.1) is 0 Å². The summed E-state index contributed by atoms with van der Waals surface area (Å²) in [6.45, 7) is 5.81. The van der Waals surface area contributed by atoms with E-state index in [-0.39, 0.29) is 12.0 Å². The van der Waals surface area contributed by atoms with E-state index in [1.807, 2.05) is 18.5 Å². The smallest absolute Gasteiger partial charge is 0.191 e. The average molecular weight is 386 g/mol. The lowest BCUT2D eigenvalue weighted by atomic mass is 9.72. The maximum Gasteiger partial charge on any atom is 0.191 e. The Morgan fingerprint density at radius 2 is 2.04 bits per heavy atom. The lowest BCUT2D eigenvalue weighted by Crippen LogP contribution is -2.39. The summed E-state index contributed by atoms with van der Waals surface area (Å²) in [6.07, 6.45) is 10.0. The van der Waals surface area contributed by atoms with E-state index in [1.165, 1.54) is 37.6 Å². The summed E-state index contributed by atoms with van der Waals surface area (Å²) in [5.74, 6) is 0.890. The molecule has 1 aliphatic carbocycles. The molecule has 0 atom stereocenters. The van der Waals surface area contributed by atoms with Gasteiger partial charge in [-0.3, -0.25) is 4.99 Å². The maximum absolute atomic E-state index is 9.50. The molecule has 6 nitrogen and oxygen atoms in total. The fourth-order valence-electron chi connectivity index (χ4n) is 4.26. The third-order valence-electron chi connectivity index (χ3n) is 5.87. The van der Waals surface area contributed by atoms with E-state index in [4.69, 9.17) is 4.99 Å². The third kappa shape index (κ3) is 5.47. The number of hydrogen-bond acceptors (Lipinski definition) is 3. The highest BCUT2D eigenvalue weighted by atomic mass is 16.3. The molecule has 0 spiro atoms. The Bertz CT molecular complexity index is 743. The van der Waals surface area contributed by atoms with Crippen LogP contribution in [0.1, 0.15) is 51.9 Å². The number of aliphatic hydroxyl groups is 1. The predicted molar refractivity (Wildman–Crippen MR) is 116 cm³/mol. The summed E-state index contributed by atoms with van der Waals surface area (Å²) >= 11 is 0. The first-order valence-corrected chi connectivity index (χ1v) is 10.8. The Hall–Kier alpha value is -2.08. The molecule has 3 N–H and O–H groups in total. The molecule has 0 bridgehead atoms. The van der Waals surface area contributed by atoms with Crippen LogP contribution in [-0.4, -0.2) is 46.9 Å². The second kappa shape index (κ2) is 10.5. The summed E-state index contributed by atoms with van der Waals surface area (Å²) in [4.78, 5) is 9.33. The Kier molecular flexibility index (Phi) is 7.71. The first-order valence-electron chi connectivity index (χ1n) is 10.8. The standard InChI is InChI=1S/C22H35N5O/c1-2-23-21(25-17-22(13-16-28)11-6-3-7-12-22)24-14-8-15-27-18-26-19-9-4-5-10-20(19)27/h4-5,9-10,18,28H,2-3,6-8,11-17H2,1H3,(H2,23,24,25). The SMILES string of the molecule is CCNC(=NCC1(CCO)CCCCC1)NCCCn1cnc2ccccc21. The van der Waals surface area contributed by atoms with Crippen molar-refractivity contribution in [3.05, 3.63) is 30.6 Å². The van der Waals surface area contributed by atoms with Crippen molar-refractivity contribution in [3.63, 3.8) is 0 Å². The van der Waals surface area contributed by atoms with Crippen molar-refractivity contribution in [2.45, 2.75) is 58.4 Å². The number of guanidine groups is 1. The van der Waals surface area contributed by atoms with Gasteiger partial charge >= 0.3 is 0 Å². The second-order valence-corrected chi connectivity index (χ2v) is 7.94. The van der Waals surface area contributed by atoms with Crippen LogP contribution >= 0.6 is 0 Å². The van der Waals surface area contributed by atoms with E-state index in [2.05, 4.69) is 39.2 Å². The fourth-order valence-corrected chi connectivity index (χ4v) is 4.26. The highest BCUT2D eigenvalue weighted by Crippen LogP contribution is 2.39. The number of aliphatic hydroxyl groups excluding tert-OH is 1. The van der Waals surface area contributed by atoms with E-state index in [1.54, 1.807) is 0 Å². The summed E-state index contributed by atoms with van der Waals surface area (Å²) in [5, 5.41) is 16.3. The molecule has 28 heavy (non-hydrogen) atoms. The second-order valence-electron chi connectivity index (χ2n) is 7.94. The molecule has 0 radical (unpaired) electrons. The summed E-state index contributed by atoms with van der Waals surface area (Å²) in [7, 11) is 0. The minimum Gasteiger partial charge on any atom is -0.396 e. The molecule has 0 amide bonds. The molecule has 0 unspecified atom stereocenters. The molecule has 1 aromatic heterocycles. The van der Waals surface area contributed by atoms with Crippen molar-refractivity contribution < 1.29 is 5.11 Å². The Morgan fingerprint density at radius 3 is 2.82 bits per heavy atom. The van der Waals surface area contributed by atoms with Gasteiger partial charge in [0.2, 0.25) is 0 Å². The van der Waals surface area contributed by atoms with Gasteiger partial charge in [0.15, 0.2) is 5.96 Å². The van der Waals surface area contributed by atoms with Gasteiger partial charge in [-0.2, -0.15) is 0 Å². The van der Waals surface area contributed by atoms with E-state index in [9.17, 15) is 5.11 Å². The van der Waals surface area contributed by atoms with Crippen LogP contribution in [0, 0.1) is 5.41 Å². The first-order chi connectivity index (χ1) is 13.8. The van der Waals surface area contributed by atoms with E-state index in [0.29, 0.717) is 0 Å². The average Bonchev–Trinajstić information content (AvgIpc) is 3.13. The predicted octanol–water partition coefficient (Wildman–Crippen LogP) is 3.31. The van der Waals surface area contributed by atoms with Gasteiger partial charge in [-0.1, -0.05) is 31.4 Å². The largest absolute Gasteiger partial charge is 0.396 e. The number of para-hydroxylation sites is 2. The highest BCUT2D eigenvalue weighted by Gasteiger charge is 2.31. The van der Waals surface area contributed by atoms with Crippen molar-refractivity contribution in [2.75, 3.05) is 26.2 Å². The van der Waals surface area contributed by atoms with Gasteiger partial charge in [-0.25, -0.2) is 4.98 Å². The van der Waals surface area contributed by atoms with E-state index in [0.717, 1.165) is 50.5 Å². The zero-order chi connectivity index (χ0) is 19.7. The summed E-state index contributed by atoms with van der Waals surface area (Å²) < 4.78 is 2.21. The molecule has 6 heteroatoms. The van der Waals surface area contributed by atoms with E-state index >= 15 is 0 Å². The number of rotatable bonds is 9. The van der Waals surface area contributed by atoms with Crippen LogP contribution in [-0.2, 0) is 6.54 Å². The van der Waals surface area contributed by atoms with Crippen LogP contribution in [0.2, 0.25) is 0 Å². The number of nitrogens with one attached hydrogen (secondary N) is 2. The molecule has 1 aliphatic rings. The van der Waals surface area contributed by atoms with Gasteiger partial charge in [0.05, 0.1) is 17.4 Å². The number of imidazole rings is 1. The number of aryl methyl sites for hydroxylation is 1. The minimum atomic E-state index is 0.186. The van der Waals surface area contributed by atoms with Crippen molar-refractivity contribution in [3.8, 4) is 0 Å². The van der Waals surface area contributed by atoms with Gasteiger partial charge in [0.1, 0.15) is 0 Å². The van der Waals surface area contributed by atoms with E-state index < -0.39 is 0 Å². The molecule has 1 heterocycles. The lowest BCUT2D eigenvalue weighted by Gasteiger charge is -2.35. The summed E-state index contributed by atoms with van der Waals surface area (Å²) in [5.41, 5.74) is 2.42. The molecule has 2 aromatic rings. The zero-order valence-electron chi connectivity index (χ0n) is 17.2. The van der Waals surface area contributed by atoms with Crippen LogP contribution < -0.4 is 10.6 Å². The van der Waals surface area contributed by atoms with Crippen LogP contribution in [0.5, 0.6) is 0 Å². The zero-order valence-corrected chi connectivity index (χ0v) is 17.2. The van der Waals surface area contributed by atoms with Gasteiger partial charge < -0.3 is 20.3 Å². The van der Waals surface area contributed by atoms with Crippen molar-refractivity contribution in [1.82, 2.24) is 20.2 Å². The van der Waals surface area contributed by atoms with Gasteiger partial charge in [0.25, 0.3) is 0 Å². The monoisotopic (exact) mass is 385 g/mol. The maximum atomic E-state index is 9.50. The van der Waals surface area contributed by atoms with Crippen LogP contribution in [0.4, 0.5) is 0 Å². The topological polar surface area (TPSA) is 74.5 Å². The molecule has 1 fully saturated rings. The Morgan fingerprint density at radius 1 is 1.21 bits per heavy atom. The molecular weight excluding hydrogens is 350 g/mol. The molecule has 0 aliphatic heterocycles. The number of fused-ring (bicyclic) bond motifs is 1. The van der Waals surface area contributed by atoms with Gasteiger partial charge in [0, 0.05) is 32.8 Å². The van der Waals surface area contributed by atoms with Crippen molar-refractivity contribution in [1.29, 1.82) is 0 Å². The normalized spacial score (nSPS) is 17.0. The van der Waals surface area contributed by atoms with Crippen LogP contribution in [0.3, 0.4) is 0 Å². The quantitative estimate of drug-likeness (QED) is 0.352. The molecule has 1 saturated carbocycles. The molecule has 0 saturated heterocycles. The van der Waals surface area contributed by atoms with Crippen molar-refractivity contribution in [2.24, 2.45) is 10.4 Å². The minimum absolute atomic E-state index is 0.186. The number of aromatic nitrogens is 2. The first kappa shape index (κ1) is 20.6. The molecular formula is C22H35N5O. The highest BCUT2D eigenvalue weighted by molar-refractivity contribution is 5.79. The lowest BCUT2D eigenvalue weighted by molar-refractivity contribution is 0.137. The number of nitrogens with zero attached hydrogens (tertiary/aromatic N) is 3. The molecule has 3 rings (SSSR count). The Balaban J connectivity index is 1.51. The van der Waals surface area contributed by atoms with Crippen molar-refractivity contribution >= 4 is 17.0 Å². The van der Waals surface area contributed by atoms with Crippen LogP contribution in [0.15, 0.2) is 35.6 Å². The third-order valence-corrected chi connectivity index (χ3v) is 5.87. The molecule has 1 aromatic carbocycles. The number of aliphatic imine (C=N–C) groups is 1. The summed E-state index contributed by atoms with van der Waals surface area (Å²) in [6, 6.07) is 8.25. The number of hydrogen-bond donors (Lipinski definition) is 3. The van der Waals surface area contributed by atoms with Gasteiger partial charge in [-0.05, 0) is 50.2 Å². The Labute approximate surface area is 168 Å². The fraction of sp³-hybridized carbons (Fsp3) is 0.636. The molecule has 154 valence electrons.